The van der Waals surface area contributed by atoms with Gasteiger partial charge in [0.1, 0.15) is 18.1 Å². The molecule has 6 heteroatoms. The Labute approximate surface area is 183 Å². The molecule has 6 nitrogen and oxygen atoms in total. The van der Waals surface area contributed by atoms with Crippen molar-refractivity contribution in [3.63, 3.8) is 0 Å². The molecule has 2 heterocycles. The lowest BCUT2D eigenvalue weighted by Crippen LogP contribution is -2.39. The van der Waals surface area contributed by atoms with Crippen LogP contribution in [0, 0.1) is 0 Å². The molecule has 0 aliphatic carbocycles. The molecule has 1 unspecified atom stereocenters. The number of ether oxygens (including phenoxy) is 2. The van der Waals surface area contributed by atoms with Crippen molar-refractivity contribution >= 4 is 11.8 Å². The second kappa shape index (κ2) is 9.86. The summed E-state index contributed by atoms with van der Waals surface area (Å²) in [6, 6.07) is 15.1. The summed E-state index contributed by atoms with van der Waals surface area (Å²) in [5, 5.41) is 0. The molecule has 0 aromatic heterocycles. The van der Waals surface area contributed by atoms with Crippen molar-refractivity contribution in [2.75, 3.05) is 33.4 Å². The Morgan fingerprint density at radius 3 is 2.48 bits per heavy atom. The molecule has 2 aromatic rings. The van der Waals surface area contributed by atoms with Gasteiger partial charge in [-0.3, -0.25) is 9.59 Å². The zero-order valence-corrected chi connectivity index (χ0v) is 18.1. The lowest BCUT2D eigenvalue weighted by atomic mass is 10.1. The molecule has 2 aromatic carbocycles. The van der Waals surface area contributed by atoms with E-state index >= 15 is 0 Å². The molecule has 2 aliphatic heterocycles. The Bertz CT molecular complexity index is 906. The highest BCUT2D eigenvalue weighted by atomic mass is 16.5. The topological polar surface area (TPSA) is 59.1 Å². The molecule has 164 valence electrons. The molecule has 0 N–H and O–H groups in total. The second-order valence-corrected chi connectivity index (χ2v) is 8.25. The lowest BCUT2D eigenvalue weighted by molar-refractivity contribution is -0.131. The fourth-order valence-corrected chi connectivity index (χ4v) is 4.38. The molecule has 2 saturated heterocycles. The standard InChI is InChI=1S/C25H30N2O4/c1-30-23-8-4-6-19(16-23)17-24(28)27-15-5-7-21(27)18-31-22-11-9-20(10-12-22)25(29)26-13-2-3-14-26/h4,6,8-12,16,21H,2-3,5,7,13-15,17-18H2,1H3. The van der Waals surface area contributed by atoms with Gasteiger partial charge < -0.3 is 19.3 Å². The van der Waals surface area contributed by atoms with Gasteiger partial charge in [-0.05, 0) is 67.6 Å². The molecular formula is C25H30N2O4. The van der Waals surface area contributed by atoms with Crippen molar-refractivity contribution in [1.29, 1.82) is 0 Å². The second-order valence-electron chi connectivity index (χ2n) is 8.25. The van der Waals surface area contributed by atoms with Crippen LogP contribution in [0.1, 0.15) is 41.6 Å². The van der Waals surface area contributed by atoms with Crippen molar-refractivity contribution in [3.8, 4) is 11.5 Å². The maximum atomic E-state index is 12.9. The highest BCUT2D eigenvalue weighted by molar-refractivity contribution is 5.94. The van der Waals surface area contributed by atoms with Crippen LogP contribution in [0.3, 0.4) is 0 Å². The third kappa shape index (κ3) is 5.19. The summed E-state index contributed by atoms with van der Waals surface area (Å²) in [5.74, 6) is 1.70. The molecule has 2 aliphatic rings. The smallest absolute Gasteiger partial charge is 0.253 e. The number of likely N-dealkylation sites (tertiary alicyclic amines) is 2. The largest absolute Gasteiger partial charge is 0.497 e. The van der Waals surface area contributed by atoms with Gasteiger partial charge in [0, 0.05) is 25.2 Å². The van der Waals surface area contributed by atoms with Crippen LogP contribution >= 0.6 is 0 Å². The molecule has 0 saturated carbocycles. The molecule has 4 rings (SSSR count). The normalized spacial score (nSPS) is 18.3. The summed E-state index contributed by atoms with van der Waals surface area (Å²) in [6.07, 6.45) is 4.46. The highest BCUT2D eigenvalue weighted by Crippen LogP contribution is 2.22. The number of nitrogens with zero attached hydrogens (tertiary/aromatic N) is 2. The predicted molar refractivity (Wildman–Crippen MR) is 119 cm³/mol. The average molecular weight is 423 g/mol. The summed E-state index contributed by atoms with van der Waals surface area (Å²) in [6.45, 7) is 2.92. The molecule has 2 amide bonds. The fraction of sp³-hybridized carbons (Fsp3) is 0.440. The minimum atomic E-state index is 0.0732. The van der Waals surface area contributed by atoms with Crippen LogP contribution < -0.4 is 9.47 Å². The van der Waals surface area contributed by atoms with Crippen LogP contribution in [0.25, 0.3) is 0 Å². The van der Waals surface area contributed by atoms with E-state index in [0.717, 1.165) is 62.4 Å². The van der Waals surface area contributed by atoms with Crippen LogP contribution in [0.2, 0.25) is 0 Å². The van der Waals surface area contributed by atoms with E-state index in [1.807, 2.05) is 58.3 Å². The quantitative estimate of drug-likeness (QED) is 0.685. The first-order chi connectivity index (χ1) is 15.1. The Morgan fingerprint density at radius 1 is 0.968 bits per heavy atom. The van der Waals surface area contributed by atoms with Crippen molar-refractivity contribution in [1.82, 2.24) is 9.80 Å². The number of rotatable bonds is 7. The Kier molecular flexibility index (Phi) is 6.75. The third-order valence-corrected chi connectivity index (χ3v) is 6.12. The maximum absolute atomic E-state index is 12.9. The maximum Gasteiger partial charge on any atom is 0.253 e. The SMILES string of the molecule is COc1cccc(CC(=O)N2CCCC2COc2ccc(C(=O)N3CCCC3)cc2)c1. The van der Waals surface area contributed by atoms with Crippen LogP contribution in [-0.4, -0.2) is 61.0 Å². The van der Waals surface area contributed by atoms with Gasteiger partial charge in [0.25, 0.3) is 5.91 Å². The van der Waals surface area contributed by atoms with Crippen molar-refractivity contribution in [2.45, 2.75) is 38.1 Å². The van der Waals surface area contributed by atoms with E-state index in [9.17, 15) is 9.59 Å². The van der Waals surface area contributed by atoms with Crippen molar-refractivity contribution in [2.24, 2.45) is 0 Å². The highest BCUT2D eigenvalue weighted by Gasteiger charge is 2.29. The number of benzene rings is 2. The Hall–Kier alpha value is -3.02. The summed E-state index contributed by atoms with van der Waals surface area (Å²) < 4.78 is 11.2. The van der Waals surface area contributed by atoms with Gasteiger partial charge >= 0.3 is 0 Å². The van der Waals surface area contributed by atoms with Crippen LogP contribution in [0.4, 0.5) is 0 Å². The van der Waals surface area contributed by atoms with E-state index in [2.05, 4.69) is 0 Å². The first-order valence-electron chi connectivity index (χ1n) is 11.1. The van der Waals surface area contributed by atoms with Gasteiger partial charge in [-0.2, -0.15) is 0 Å². The number of amides is 2. The van der Waals surface area contributed by atoms with Gasteiger partial charge in [0.2, 0.25) is 5.91 Å². The number of carbonyl (C=O) groups excluding carboxylic acids is 2. The van der Waals surface area contributed by atoms with E-state index in [-0.39, 0.29) is 17.9 Å². The number of hydrogen-bond acceptors (Lipinski definition) is 4. The third-order valence-electron chi connectivity index (χ3n) is 6.12. The first-order valence-corrected chi connectivity index (χ1v) is 11.1. The van der Waals surface area contributed by atoms with Crippen LogP contribution in [0.5, 0.6) is 11.5 Å². The predicted octanol–water partition coefficient (Wildman–Crippen LogP) is 3.54. The average Bonchev–Trinajstić information content (AvgIpc) is 3.50. The molecule has 31 heavy (non-hydrogen) atoms. The van der Waals surface area contributed by atoms with Crippen LogP contribution in [-0.2, 0) is 11.2 Å². The number of methoxy groups -OCH3 is 1. The van der Waals surface area contributed by atoms with E-state index in [0.29, 0.717) is 18.6 Å². The van der Waals surface area contributed by atoms with Gasteiger partial charge in [0.15, 0.2) is 0 Å². The summed E-state index contributed by atoms with van der Waals surface area (Å²) in [5.41, 5.74) is 1.65. The minimum Gasteiger partial charge on any atom is -0.497 e. The summed E-state index contributed by atoms with van der Waals surface area (Å²) in [4.78, 5) is 29.2. The molecule has 0 bridgehead atoms. The molecule has 2 fully saturated rings. The monoisotopic (exact) mass is 422 g/mol. The van der Waals surface area contributed by atoms with Gasteiger partial charge in [-0.15, -0.1) is 0 Å². The zero-order valence-electron chi connectivity index (χ0n) is 18.1. The van der Waals surface area contributed by atoms with Crippen LogP contribution in [0.15, 0.2) is 48.5 Å². The van der Waals surface area contributed by atoms with Gasteiger partial charge in [-0.25, -0.2) is 0 Å². The number of hydrogen-bond donors (Lipinski definition) is 0. The van der Waals surface area contributed by atoms with Gasteiger partial charge in [0.05, 0.1) is 19.6 Å². The van der Waals surface area contributed by atoms with E-state index < -0.39 is 0 Å². The Morgan fingerprint density at radius 2 is 1.74 bits per heavy atom. The minimum absolute atomic E-state index is 0.0732. The molecule has 1 atom stereocenters. The van der Waals surface area contributed by atoms with E-state index in [4.69, 9.17) is 9.47 Å². The summed E-state index contributed by atoms with van der Waals surface area (Å²) >= 11 is 0. The first kappa shape index (κ1) is 21.2. The van der Waals surface area contributed by atoms with E-state index in [1.165, 1.54) is 0 Å². The van der Waals surface area contributed by atoms with E-state index in [1.54, 1.807) is 7.11 Å². The van der Waals surface area contributed by atoms with Crippen molar-refractivity contribution < 1.29 is 19.1 Å². The van der Waals surface area contributed by atoms with Crippen molar-refractivity contribution in [3.05, 3.63) is 59.7 Å². The summed E-state index contributed by atoms with van der Waals surface area (Å²) in [7, 11) is 1.63. The molecule has 0 radical (unpaired) electrons. The van der Waals surface area contributed by atoms with Gasteiger partial charge in [-0.1, -0.05) is 12.1 Å². The zero-order chi connectivity index (χ0) is 21.6. The lowest BCUT2D eigenvalue weighted by Gasteiger charge is -2.25. The molecule has 0 spiro atoms. The number of carbonyl (C=O) groups is 2. The Balaban J connectivity index is 1.31. The fourth-order valence-electron chi connectivity index (χ4n) is 4.38. The molecular weight excluding hydrogens is 392 g/mol.